The average Bonchev–Trinajstić information content (AvgIpc) is 2.65. The SMILES string of the molecule is C[C@@H](C(=O)N(C)CCC#N)N1CCC[C@H](C(=O)c2ccc(F)cc2)C1. The zero-order valence-corrected chi connectivity index (χ0v) is 14.7. The molecule has 1 aromatic carbocycles. The van der Waals surface area contributed by atoms with E-state index in [1.165, 1.54) is 24.3 Å². The van der Waals surface area contributed by atoms with E-state index in [1.807, 2.05) is 17.9 Å². The lowest BCUT2D eigenvalue weighted by Crippen LogP contribution is -2.50. The molecule has 1 heterocycles. The van der Waals surface area contributed by atoms with Crippen LogP contribution >= 0.6 is 0 Å². The minimum atomic E-state index is -0.360. The van der Waals surface area contributed by atoms with Crippen molar-refractivity contribution in [1.82, 2.24) is 9.80 Å². The highest BCUT2D eigenvalue weighted by Gasteiger charge is 2.32. The second-order valence-corrected chi connectivity index (χ2v) is 6.55. The van der Waals surface area contributed by atoms with Gasteiger partial charge in [-0.15, -0.1) is 0 Å². The lowest BCUT2D eigenvalue weighted by molar-refractivity contribution is -0.135. The Bertz CT molecular complexity index is 654. The summed E-state index contributed by atoms with van der Waals surface area (Å²) in [5, 5.41) is 8.65. The smallest absolute Gasteiger partial charge is 0.239 e. The first-order chi connectivity index (χ1) is 11.9. The number of Topliss-reactive ketones (excluding diaryl/α,β-unsaturated/α-hetero) is 1. The molecule has 1 fully saturated rings. The summed E-state index contributed by atoms with van der Waals surface area (Å²) in [5.41, 5.74) is 0.512. The number of nitrogens with zero attached hydrogens (tertiary/aromatic N) is 3. The molecule has 1 aliphatic heterocycles. The summed E-state index contributed by atoms with van der Waals surface area (Å²) in [7, 11) is 1.70. The summed E-state index contributed by atoms with van der Waals surface area (Å²) in [6.45, 7) is 3.54. The van der Waals surface area contributed by atoms with E-state index in [-0.39, 0.29) is 29.5 Å². The summed E-state index contributed by atoms with van der Waals surface area (Å²) >= 11 is 0. The third-order valence-electron chi connectivity index (χ3n) is 4.79. The molecular formula is C19H24FN3O2. The Morgan fingerprint density at radius 3 is 2.72 bits per heavy atom. The largest absolute Gasteiger partial charge is 0.343 e. The number of hydrogen-bond acceptors (Lipinski definition) is 4. The van der Waals surface area contributed by atoms with Crippen molar-refractivity contribution in [3.63, 3.8) is 0 Å². The van der Waals surface area contributed by atoms with Gasteiger partial charge >= 0.3 is 0 Å². The number of amides is 1. The predicted molar refractivity (Wildman–Crippen MR) is 92.4 cm³/mol. The second-order valence-electron chi connectivity index (χ2n) is 6.55. The number of piperidine rings is 1. The van der Waals surface area contributed by atoms with Gasteiger partial charge in [-0.05, 0) is 50.6 Å². The van der Waals surface area contributed by atoms with E-state index >= 15 is 0 Å². The molecule has 0 saturated carbocycles. The van der Waals surface area contributed by atoms with E-state index in [2.05, 4.69) is 0 Å². The van der Waals surface area contributed by atoms with Gasteiger partial charge in [-0.3, -0.25) is 14.5 Å². The van der Waals surface area contributed by atoms with Gasteiger partial charge in [0.2, 0.25) is 5.91 Å². The van der Waals surface area contributed by atoms with Crippen LogP contribution in [0, 0.1) is 23.1 Å². The van der Waals surface area contributed by atoms with Crippen LogP contribution in [0.3, 0.4) is 0 Å². The van der Waals surface area contributed by atoms with Gasteiger partial charge in [-0.2, -0.15) is 5.26 Å². The van der Waals surface area contributed by atoms with Crippen molar-refractivity contribution in [3.8, 4) is 6.07 Å². The Morgan fingerprint density at radius 1 is 1.40 bits per heavy atom. The highest BCUT2D eigenvalue weighted by atomic mass is 19.1. The number of ketones is 1. The van der Waals surface area contributed by atoms with Crippen molar-refractivity contribution in [2.24, 2.45) is 5.92 Å². The monoisotopic (exact) mass is 345 g/mol. The first kappa shape index (κ1) is 19.1. The molecule has 0 aromatic heterocycles. The van der Waals surface area contributed by atoms with Crippen molar-refractivity contribution >= 4 is 11.7 Å². The lowest BCUT2D eigenvalue weighted by Gasteiger charge is -2.36. The van der Waals surface area contributed by atoms with E-state index in [1.54, 1.807) is 11.9 Å². The molecule has 1 aliphatic rings. The topological polar surface area (TPSA) is 64.4 Å². The van der Waals surface area contributed by atoms with E-state index in [0.717, 1.165) is 19.4 Å². The molecule has 134 valence electrons. The summed E-state index contributed by atoms with van der Waals surface area (Å²) in [4.78, 5) is 28.7. The minimum absolute atomic E-state index is 0.00202. The molecule has 2 rings (SSSR count). The second kappa shape index (κ2) is 8.72. The number of likely N-dealkylation sites (tertiary alicyclic amines) is 1. The van der Waals surface area contributed by atoms with E-state index in [4.69, 9.17) is 5.26 Å². The van der Waals surface area contributed by atoms with Gasteiger partial charge in [0.15, 0.2) is 5.78 Å². The molecule has 1 amide bonds. The van der Waals surface area contributed by atoms with Gasteiger partial charge in [0, 0.05) is 31.6 Å². The molecule has 0 unspecified atom stereocenters. The molecule has 1 aromatic rings. The number of hydrogen-bond donors (Lipinski definition) is 0. The van der Waals surface area contributed by atoms with Crippen molar-refractivity contribution in [2.45, 2.75) is 32.2 Å². The van der Waals surface area contributed by atoms with Gasteiger partial charge in [0.25, 0.3) is 0 Å². The van der Waals surface area contributed by atoms with Gasteiger partial charge in [0.05, 0.1) is 18.5 Å². The maximum absolute atomic E-state index is 13.0. The van der Waals surface area contributed by atoms with Gasteiger partial charge < -0.3 is 4.90 Å². The summed E-state index contributed by atoms with van der Waals surface area (Å²) in [6, 6.07) is 7.33. The molecule has 0 aliphatic carbocycles. The Kier molecular flexibility index (Phi) is 6.65. The molecule has 6 heteroatoms. The summed E-state index contributed by atoms with van der Waals surface area (Å²) in [5.74, 6) is -0.576. The highest BCUT2D eigenvalue weighted by molar-refractivity contribution is 5.98. The maximum atomic E-state index is 13.0. The zero-order chi connectivity index (χ0) is 18.4. The van der Waals surface area contributed by atoms with Crippen LogP contribution in [0.5, 0.6) is 0 Å². The first-order valence-corrected chi connectivity index (χ1v) is 8.59. The third-order valence-corrected chi connectivity index (χ3v) is 4.79. The Morgan fingerprint density at radius 2 is 2.08 bits per heavy atom. The molecule has 2 atom stereocenters. The number of carbonyl (C=O) groups excluding carboxylic acids is 2. The molecule has 25 heavy (non-hydrogen) atoms. The fourth-order valence-corrected chi connectivity index (χ4v) is 3.23. The van der Waals surface area contributed by atoms with Crippen LogP contribution in [0.4, 0.5) is 4.39 Å². The number of halogens is 1. The third kappa shape index (κ3) is 4.86. The number of benzene rings is 1. The van der Waals surface area contributed by atoms with E-state index in [9.17, 15) is 14.0 Å². The Hall–Kier alpha value is -2.26. The van der Waals surface area contributed by atoms with Crippen LogP contribution < -0.4 is 0 Å². The number of carbonyl (C=O) groups is 2. The fourth-order valence-electron chi connectivity index (χ4n) is 3.23. The quantitative estimate of drug-likeness (QED) is 0.743. The Labute approximate surface area is 148 Å². The van der Waals surface area contributed by atoms with E-state index in [0.29, 0.717) is 25.1 Å². The lowest BCUT2D eigenvalue weighted by atomic mass is 9.89. The van der Waals surface area contributed by atoms with Crippen LogP contribution in [0.15, 0.2) is 24.3 Å². The predicted octanol–water partition coefficient (Wildman–Crippen LogP) is 2.48. The van der Waals surface area contributed by atoms with Gasteiger partial charge in [-0.25, -0.2) is 4.39 Å². The Balaban J connectivity index is 2.00. The molecule has 5 nitrogen and oxygen atoms in total. The average molecular weight is 345 g/mol. The van der Waals surface area contributed by atoms with Crippen LogP contribution in [0.1, 0.15) is 36.5 Å². The number of nitriles is 1. The first-order valence-electron chi connectivity index (χ1n) is 8.59. The molecule has 0 bridgehead atoms. The fraction of sp³-hybridized carbons (Fsp3) is 0.526. The van der Waals surface area contributed by atoms with Crippen LogP contribution in [0.2, 0.25) is 0 Å². The molecule has 1 saturated heterocycles. The zero-order valence-electron chi connectivity index (χ0n) is 14.7. The number of likely N-dealkylation sites (N-methyl/N-ethyl adjacent to an activating group) is 1. The highest BCUT2D eigenvalue weighted by Crippen LogP contribution is 2.23. The molecule has 0 spiro atoms. The molecular weight excluding hydrogens is 321 g/mol. The van der Waals surface area contributed by atoms with Crippen LogP contribution in [-0.4, -0.2) is 54.2 Å². The van der Waals surface area contributed by atoms with Crippen molar-refractivity contribution in [1.29, 1.82) is 5.26 Å². The standard InChI is InChI=1S/C19H24FN3O2/c1-14(19(25)22(2)11-4-10-21)23-12-3-5-16(13-23)18(24)15-6-8-17(20)9-7-15/h6-9,14,16H,3-5,11-13H2,1-2H3/t14-,16-/m0/s1. The summed E-state index contributed by atoms with van der Waals surface area (Å²) < 4.78 is 13.0. The maximum Gasteiger partial charge on any atom is 0.239 e. The van der Waals surface area contributed by atoms with Crippen molar-refractivity contribution in [2.75, 3.05) is 26.7 Å². The molecule has 0 N–H and O–H groups in total. The van der Waals surface area contributed by atoms with Crippen LogP contribution in [0.25, 0.3) is 0 Å². The molecule has 0 radical (unpaired) electrons. The van der Waals surface area contributed by atoms with Gasteiger partial charge in [-0.1, -0.05) is 0 Å². The van der Waals surface area contributed by atoms with Crippen molar-refractivity contribution < 1.29 is 14.0 Å². The normalized spacial score (nSPS) is 19.0. The van der Waals surface area contributed by atoms with Crippen molar-refractivity contribution in [3.05, 3.63) is 35.6 Å². The van der Waals surface area contributed by atoms with Crippen LogP contribution in [-0.2, 0) is 4.79 Å². The summed E-state index contributed by atoms with van der Waals surface area (Å²) in [6.07, 6.45) is 1.93. The number of rotatable bonds is 6. The van der Waals surface area contributed by atoms with Gasteiger partial charge in [0.1, 0.15) is 5.82 Å². The minimum Gasteiger partial charge on any atom is -0.343 e. The van der Waals surface area contributed by atoms with E-state index < -0.39 is 0 Å².